The molecule has 118 valence electrons. The number of hydrogen-bond acceptors (Lipinski definition) is 3. The molecule has 1 atom stereocenters. The van der Waals surface area contributed by atoms with E-state index in [1.807, 2.05) is 24.3 Å². The average molecular weight is 376 g/mol. The maximum absolute atomic E-state index is 12.6. The van der Waals surface area contributed by atoms with Crippen LogP contribution in [-0.2, 0) is 11.3 Å². The minimum Gasteiger partial charge on any atom is -0.481 e. The van der Waals surface area contributed by atoms with E-state index in [-0.39, 0.29) is 18.0 Å². The molecule has 0 aliphatic carbocycles. The van der Waals surface area contributed by atoms with Gasteiger partial charge in [0.2, 0.25) is 0 Å². The van der Waals surface area contributed by atoms with Gasteiger partial charge in [-0.25, -0.2) is 4.79 Å². The maximum atomic E-state index is 12.6. The first-order chi connectivity index (χ1) is 11.0. The molecule has 6 heteroatoms. The minimum absolute atomic E-state index is 0.166. The number of halogens is 1. The number of rotatable bonds is 2. The first-order valence-electron chi connectivity index (χ1n) is 7.05. The summed E-state index contributed by atoms with van der Waals surface area (Å²) in [7, 11) is 0. The number of benzene rings is 2. The highest BCUT2D eigenvalue weighted by Crippen LogP contribution is 2.30. The van der Waals surface area contributed by atoms with Crippen molar-refractivity contribution in [2.45, 2.75) is 19.6 Å². The molecule has 5 nitrogen and oxygen atoms in total. The molecule has 0 aromatic heterocycles. The fourth-order valence-electron chi connectivity index (χ4n) is 2.50. The normalized spacial score (nSPS) is 17.2. The fourth-order valence-corrected chi connectivity index (χ4v) is 2.76. The summed E-state index contributed by atoms with van der Waals surface area (Å²) >= 11 is 3.37. The Hall–Kier alpha value is -2.34. The topological polar surface area (TPSA) is 66.8 Å². The summed E-state index contributed by atoms with van der Waals surface area (Å²) in [6.07, 6.45) is -0.643. The second-order valence-corrected chi connectivity index (χ2v) is 6.20. The Balaban J connectivity index is 2.04. The van der Waals surface area contributed by atoms with Crippen LogP contribution in [0.2, 0.25) is 0 Å². The first kappa shape index (κ1) is 15.6. The van der Waals surface area contributed by atoms with Crippen molar-refractivity contribution >= 4 is 33.5 Å². The number of nitrogens with zero attached hydrogens (tertiary/aromatic N) is 1. The van der Waals surface area contributed by atoms with Crippen molar-refractivity contribution in [1.29, 1.82) is 0 Å². The van der Waals surface area contributed by atoms with Gasteiger partial charge in [0.05, 0.1) is 12.1 Å². The molecule has 2 aromatic carbocycles. The lowest BCUT2D eigenvalue weighted by molar-refractivity contribution is -0.124. The molecule has 0 saturated carbocycles. The number of ether oxygens (including phenoxy) is 1. The average Bonchev–Trinajstić information content (AvgIpc) is 2.65. The highest BCUT2D eigenvalue weighted by Gasteiger charge is 2.29. The summed E-state index contributed by atoms with van der Waals surface area (Å²) < 4.78 is 6.60. The van der Waals surface area contributed by atoms with E-state index in [1.54, 1.807) is 24.0 Å². The molecule has 0 radical (unpaired) electrons. The van der Waals surface area contributed by atoms with Crippen molar-refractivity contribution in [1.82, 2.24) is 0 Å². The molecule has 23 heavy (non-hydrogen) atoms. The van der Waals surface area contributed by atoms with Gasteiger partial charge in [0, 0.05) is 15.7 Å². The summed E-state index contributed by atoms with van der Waals surface area (Å²) in [5.74, 6) is -0.637. The second-order valence-electron chi connectivity index (χ2n) is 5.29. The van der Waals surface area contributed by atoms with E-state index in [1.165, 1.54) is 6.07 Å². The number of carboxylic acids is 1. The summed E-state index contributed by atoms with van der Waals surface area (Å²) in [4.78, 5) is 25.4. The highest BCUT2D eigenvalue weighted by atomic mass is 79.9. The van der Waals surface area contributed by atoms with Crippen molar-refractivity contribution in [3.63, 3.8) is 0 Å². The van der Waals surface area contributed by atoms with Crippen molar-refractivity contribution in [3.05, 3.63) is 58.1 Å². The van der Waals surface area contributed by atoms with Gasteiger partial charge in [-0.05, 0) is 49.4 Å². The quantitative estimate of drug-likeness (QED) is 0.872. The van der Waals surface area contributed by atoms with Crippen LogP contribution < -0.4 is 9.64 Å². The van der Waals surface area contributed by atoms with E-state index in [0.717, 1.165) is 10.2 Å². The zero-order chi connectivity index (χ0) is 16.6. The molecule has 1 aliphatic heterocycles. The monoisotopic (exact) mass is 375 g/mol. The van der Waals surface area contributed by atoms with Crippen molar-refractivity contribution in [3.8, 4) is 5.75 Å². The number of aromatic carboxylic acids is 1. The van der Waals surface area contributed by atoms with Gasteiger partial charge < -0.3 is 14.7 Å². The lowest BCUT2D eigenvalue weighted by atomic mass is 10.1. The van der Waals surface area contributed by atoms with Gasteiger partial charge >= 0.3 is 5.97 Å². The lowest BCUT2D eigenvalue weighted by Crippen LogP contribution is -2.37. The van der Waals surface area contributed by atoms with E-state index in [0.29, 0.717) is 11.3 Å². The lowest BCUT2D eigenvalue weighted by Gasteiger charge is -2.22. The number of anilines is 1. The summed E-state index contributed by atoms with van der Waals surface area (Å²) in [6.45, 7) is 1.95. The van der Waals surface area contributed by atoms with Gasteiger partial charge in [0.25, 0.3) is 5.91 Å². The predicted octanol–water partition coefficient (Wildman–Crippen LogP) is 3.46. The van der Waals surface area contributed by atoms with Crippen LogP contribution in [0.25, 0.3) is 0 Å². The molecular weight excluding hydrogens is 362 g/mol. The Bertz CT molecular complexity index is 773. The van der Waals surface area contributed by atoms with Crippen LogP contribution in [0.3, 0.4) is 0 Å². The maximum Gasteiger partial charge on any atom is 0.335 e. The first-order valence-corrected chi connectivity index (χ1v) is 7.85. The minimum atomic E-state index is -1.01. The number of carbonyl (C=O) groups is 2. The molecule has 1 amide bonds. The molecule has 0 fully saturated rings. The molecule has 3 rings (SSSR count). The highest BCUT2D eigenvalue weighted by molar-refractivity contribution is 9.10. The van der Waals surface area contributed by atoms with Crippen LogP contribution in [-0.4, -0.2) is 23.1 Å². The Kier molecular flexibility index (Phi) is 4.09. The van der Waals surface area contributed by atoms with Gasteiger partial charge in [-0.2, -0.15) is 0 Å². The Labute approximate surface area is 141 Å². The Morgan fingerprint density at radius 3 is 2.61 bits per heavy atom. The number of hydrogen-bond donors (Lipinski definition) is 1. The zero-order valence-electron chi connectivity index (χ0n) is 12.3. The van der Waals surface area contributed by atoms with E-state index in [4.69, 9.17) is 9.84 Å². The van der Waals surface area contributed by atoms with Crippen molar-refractivity contribution < 1.29 is 19.4 Å². The molecular formula is C17H14BrNO4. The third kappa shape index (κ3) is 3.07. The van der Waals surface area contributed by atoms with Crippen LogP contribution in [0.4, 0.5) is 5.69 Å². The molecule has 1 unspecified atom stereocenters. The van der Waals surface area contributed by atoms with Crippen LogP contribution in [0.15, 0.2) is 46.9 Å². The predicted molar refractivity (Wildman–Crippen MR) is 88.8 cm³/mol. The van der Waals surface area contributed by atoms with Crippen LogP contribution in [0, 0.1) is 0 Å². The van der Waals surface area contributed by atoms with Gasteiger partial charge in [-0.15, -0.1) is 0 Å². The Morgan fingerprint density at radius 1 is 1.26 bits per heavy atom. The van der Waals surface area contributed by atoms with Gasteiger partial charge in [-0.3, -0.25) is 4.79 Å². The third-order valence-corrected chi connectivity index (χ3v) is 4.22. The number of carbonyl (C=O) groups excluding carboxylic acids is 1. The number of amides is 1. The van der Waals surface area contributed by atoms with Crippen molar-refractivity contribution in [2.75, 3.05) is 4.90 Å². The van der Waals surface area contributed by atoms with Gasteiger partial charge in [-0.1, -0.05) is 15.9 Å². The summed E-state index contributed by atoms with van der Waals surface area (Å²) in [5, 5.41) is 9.15. The van der Waals surface area contributed by atoms with E-state index in [2.05, 4.69) is 15.9 Å². The van der Waals surface area contributed by atoms with E-state index < -0.39 is 12.1 Å². The zero-order valence-corrected chi connectivity index (χ0v) is 13.9. The number of carboxylic acid groups (broad SMARTS) is 1. The molecule has 2 aromatic rings. The van der Waals surface area contributed by atoms with Gasteiger partial charge in [0.15, 0.2) is 6.10 Å². The van der Waals surface area contributed by atoms with Crippen LogP contribution >= 0.6 is 15.9 Å². The summed E-state index contributed by atoms with van der Waals surface area (Å²) in [5.41, 5.74) is 1.58. The molecule has 0 spiro atoms. The SMILES string of the molecule is CC1Oc2ccc(C(=O)O)cc2CN(c2ccc(Br)cc2)C1=O. The molecule has 0 saturated heterocycles. The molecule has 0 bridgehead atoms. The number of fused-ring (bicyclic) bond motifs is 1. The van der Waals surface area contributed by atoms with E-state index >= 15 is 0 Å². The molecule has 1 aliphatic rings. The Morgan fingerprint density at radius 2 is 1.96 bits per heavy atom. The molecule has 1 N–H and O–H groups in total. The smallest absolute Gasteiger partial charge is 0.335 e. The van der Waals surface area contributed by atoms with Gasteiger partial charge in [0.1, 0.15) is 5.75 Å². The van der Waals surface area contributed by atoms with E-state index in [9.17, 15) is 9.59 Å². The van der Waals surface area contributed by atoms with Crippen LogP contribution in [0.5, 0.6) is 5.75 Å². The standard InChI is InChI=1S/C17H14BrNO4/c1-10-16(20)19(14-5-3-13(18)4-6-14)9-12-8-11(17(21)22)2-7-15(12)23-10/h2-8,10H,9H2,1H3,(H,21,22). The second kappa shape index (κ2) is 6.04. The van der Waals surface area contributed by atoms with Crippen molar-refractivity contribution in [2.24, 2.45) is 0 Å². The molecule has 1 heterocycles. The van der Waals surface area contributed by atoms with Crippen LogP contribution in [0.1, 0.15) is 22.8 Å². The summed E-state index contributed by atoms with van der Waals surface area (Å²) in [6, 6.07) is 12.0. The third-order valence-electron chi connectivity index (χ3n) is 3.69. The largest absolute Gasteiger partial charge is 0.481 e. The fraction of sp³-hybridized carbons (Fsp3) is 0.176.